The first kappa shape index (κ1) is 13.0. The number of nitrogens with one attached hydrogen (secondary N) is 1. The van der Waals surface area contributed by atoms with Gasteiger partial charge in [0.2, 0.25) is 0 Å². The molecule has 1 aliphatic heterocycles. The third kappa shape index (κ3) is 3.80. The van der Waals surface area contributed by atoms with Gasteiger partial charge in [0.05, 0.1) is 18.2 Å². The third-order valence-electron chi connectivity index (χ3n) is 3.25. The zero-order chi connectivity index (χ0) is 12.8. The van der Waals surface area contributed by atoms with E-state index < -0.39 is 0 Å². The fourth-order valence-corrected chi connectivity index (χ4v) is 2.42. The molecule has 1 saturated heterocycles. The van der Waals surface area contributed by atoms with E-state index in [0.29, 0.717) is 12.3 Å². The lowest BCUT2D eigenvalue weighted by Gasteiger charge is -2.23. The van der Waals surface area contributed by atoms with Gasteiger partial charge in [0.1, 0.15) is 0 Å². The quantitative estimate of drug-likeness (QED) is 0.873. The number of hydrogen-bond donors (Lipinski definition) is 1. The molecule has 1 N–H and O–H groups in total. The predicted octanol–water partition coefficient (Wildman–Crippen LogP) is 1.41. The molecule has 0 aromatic carbocycles. The standard InChI is InChI=1S/C14H20N4/c1-12-8-17-14(5-6-15)11-18(9-12)10-13-4-2-3-7-16-13/h2-4,7,12,14,17H,5,8-11H2,1H3. The zero-order valence-corrected chi connectivity index (χ0v) is 10.8. The Hall–Kier alpha value is -1.44. The summed E-state index contributed by atoms with van der Waals surface area (Å²) in [5.74, 6) is 0.609. The normalized spacial score (nSPS) is 25.3. The highest BCUT2D eigenvalue weighted by atomic mass is 15.2. The van der Waals surface area contributed by atoms with Crippen molar-refractivity contribution in [1.29, 1.82) is 5.26 Å². The van der Waals surface area contributed by atoms with Crippen LogP contribution in [-0.4, -0.2) is 35.6 Å². The number of nitriles is 1. The summed E-state index contributed by atoms with van der Waals surface area (Å²) in [5, 5.41) is 12.3. The Kier molecular flexibility index (Phi) is 4.68. The molecule has 2 atom stereocenters. The van der Waals surface area contributed by atoms with Crippen LogP contribution in [0.1, 0.15) is 19.0 Å². The zero-order valence-electron chi connectivity index (χ0n) is 10.8. The minimum Gasteiger partial charge on any atom is -0.311 e. The number of rotatable bonds is 3. The van der Waals surface area contributed by atoms with Crippen LogP contribution in [0.5, 0.6) is 0 Å². The van der Waals surface area contributed by atoms with E-state index in [4.69, 9.17) is 5.26 Å². The molecule has 2 heterocycles. The average molecular weight is 244 g/mol. The molecule has 0 saturated carbocycles. The fourth-order valence-electron chi connectivity index (χ4n) is 2.42. The van der Waals surface area contributed by atoms with E-state index in [1.807, 2.05) is 18.3 Å². The van der Waals surface area contributed by atoms with Crippen LogP contribution in [0.15, 0.2) is 24.4 Å². The number of nitrogens with zero attached hydrogens (tertiary/aromatic N) is 3. The van der Waals surface area contributed by atoms with Crippen LogP contribution < -0.4 is 5.32 Å². The lowest BCUT2D eigenvalue weighted by molar-refractivity contribution is 0.238. The van der Waals surface area contributed by atoms with Gasteiger partial charge in [-0.1, -0.05) is 13.0 Å². The van der Waals surface area contributed by atoms with Crippen molar-refractivity contribution in [1.82, 2.24) is 15.2 Å². The second kappa shape index (κ2) is 6.48. The number of pyridine rings is 1. The van der Waals surface area contributed by atoms with Gasteiger partial charge in [-0.3, -0.25) is 9.88 Å². The van der Waals surface area contributed by atoms with Crippen LogP contribution in [0.25, 0.3) is 0 Å². The monoisotopic (exact) mass is 244 g/mol. The van der Waals surface area contributed by atoms with Gasteiger partial charge in [-0.25, -0.2) is 0 Å². The lowest BCUT2D eigenvalue weighted by atomic mass is 10.2. The highest BCUT2D eigenvalue weighted by Gasteiger charge is 2.21. The molecule has 0 spiro atoms. The van der Waals surface area contributed by atoms with Gasteiger partial charge in [0.25, 0.3) is 0 Å². The third-order valence-corrected chi connectivity index (χ3v) is 3.25. The molecule has 96 valence electrons. The van der Waals surface area contributed by atoms with Gasteiger partial charge >= 0.3 is 0 Å². The second-order valence-electron chi connectivity index (χ2n) is 5.09. The summed E-state index contributed by atoms with van der Waals surface area (Å²) in [6.45, 7) is 6.09. The van der Waals surface area contributed by atoms with Crippen molar-refractivity contribution in [2.24, 2.45) is 5.92 Å². The summed E-state index contributed by atoms with van der Waals surface area (Å²) in [4.78, 5) is 6.77. The van der Waals surface area contributed by atoms with Crippen molar-refractivity contribution >= 4 is 0 Å². The molecule has 0 amide bonds. The molecule has 0 bridgehead atoms. The van der Waals surface area contributed by atoms with E-state index in [9.17, 15) is 0 Å². The summed E-state index contributed by atoms with van der Waals surface area (Å²) in [7, 11) is 0. The van der Waals surface area contributed by atoms with Gasteiger partial charge in [-0.15, -0.1) is 0 Å². The van der Waals surface area contributed by atoms with Crippen molar-refractivity contribution in [2.75, 3.05) is 19.6 Å². The SMILES string of the molecule is CC1CNC(CC#N)CN(Cc2ccccn2)C1. The Balaban J connectivity index is 1.99. The van der Waals surface area contributed by atoms with E-state index in [2.05, 4.69) is 34.3 Å². The van der Waals surface area contributed by atoms with Crippen LogP contribution >= 0.6 is 0 Å². The predicted molar refractivity (Wildman–Crippen MR) is 70.7 cm³/mol. The topological polar surface area (TPSA) is 52.0 Å². The van der Waals surface area contributed by atoms with Crippen molar-refractivity contribution in [3.8, 4) is 6.07 Å². The first-order chi connectivity index (χ1) is 8.78. The molecular formula is C14H20N4. The minimum atomic E-state index is 0.281. The van der Waals surface area contributed by atoms with Crippen LogP contribution in [0, 0.1) is 17.2 Å². The smallest absolute Gasteiger partial charge is 0.0638 e. The van der Waals surface area contributed by atoms with Crippen molar-refractivity contribution in [2.45, 2.75) is 25.9 Å². The largest absolute Gasteiger partial charge is 0.311 e. The molecule has 18 heavy (non-hydrogen) atoms. The summed E-state index contributed by atoms with van der Waals surface area (Å²) < 4.78 is 0. The molecule has 4 nitrogen and oxygen atoms in total. The van der Waals surface area contributed by atoms with Crippen LogP contribution in [0.2, 0.25) is 0 Å². The van der Waals surface area contributed by atoms with Gasteiger partial charge in [0.15, 0.2) is 0 Å². The van der Waals surface area contributed by atoms with Crippen LogP contribution in [-0.2, 0) is 6.54 Å². The Bertz CT molecular complexity index is 398. The van der Waals surface area contributed by atoms with Crippen molar-refractivity contribution < 1.29 is 0 Å². The number of hydrogen-bond acceptors (Lipinski definition) is 4. The molecule has 2 unspecified atom stereocenters. The molecule has 1 aromatic rings. The van der Waals surface area contributed by atoms with E-state index >= 15 is 0 Å². The maximum absolute atomic E-state index is 8.83. The van der Waals surface area contributed by atoms with Gasteiger partial charge in [-0.05, 0) is 24.6 Å². The first-order valence-electron chi connectivity index (χ1n) is 6.50. The molecule has 0 radical (unpaired) electrons. The fraction of sp³-hybridized carbons (Fsp3) is 0.571. The first-order valence-corrected chi connectivity index (χ1v) is 6.50. The number of aromatic nitrogens is 1. The summed E-state index contributed by atoms with van der Waals surface area (Å²) in [6, 6.07) is 8.56. The van der Waals surface area contributed by atoms with E-state index in [0.717, 1.165) is 31.9 Å². The average Bonchev–Trinajstić information content (AvgIpc) is 2.53. The second-order valence-corrected chi connectivity index (χ2v) is 5.09. The van der Waals surface area contributed by atoms with E-state index in [-0.39, 0.29) is 6.04 Å². The highest BCUT2D eigenvalue weighted by molar-refractivity contribution is 5.03. The van der Waals surface area contributed by atoms with E-state index in [1.165, 1.54) is 0 Å². The summed E-state index contributed by atoms with van der Waals surface area (Å²) in [6.07, 6.45) is 2.41. The lowest BCUT2D eigenvalue weighted by Crippen LogP contribution is -2.37. The van der Waals surface area contributed by atoms with Crippen molar-refractivity contribution in [3.05, 3.63) is 30.1 Å². The Morgan fingerprint density at radius 2 is 2.39 bits per heavy atom. The minimum absolute atomic E-state index is 0.281. The van der Waals surface area contributed by atoms with Gasteiger partial charge in [-0.2, -0.15) is 5.26 Å². The maximum atomic E-state index is 8.83. The molecular weight excluding hydrogens is 224 g/mol. The Morgan fingerprint density at radius 1 is 1.50 bits per heavy atom. The van der Waals surface area contributed by atoms with Gasteiger partial charge < -0.3 is 5.32 Å². The van der Waals surface area contributed by atoms with Crippen LogP contribution in [0.4, 0.5) is 0 Å². The highest BCUT2D eigenvalue weighted by Crippen LogP contribution is 2.11. The molecule has 4 heteroatoms. The molecule has 1 aromatic heterocycles. The Labute approximate surface area is 109 Å². The molecule has 1 fully saturated rings. The molecule has 2 rings (SSSR count). The van der Waals surface area contributed by atoms with Crippen molar-refractivity contribution in [3.63, 3.8) is 0 Å². The van der Waals surface area contributed by atoms with Crippen LogP contribution in [0.3, 0.4) is 0 Å². The molecule has 1 aliphatic rings. The van der Waals surface area contributed by atoms with E-state index in [1.54, 1.807) is 0 Å². The Morgan fingerprint density at radius 3 is 3.11 bits per heavy atom. The van der Waals surface area contributed by atoms with Gasteiger partial charge in [0, 0.05) is 31.9 Å². The maximum Gasteiger partial charge on any atom is 0.0638 e. The summed E-state index contributed by atoms with van der Waals surface area (Å²) in [5.41, 5.74) is 1.10. The molecule has 0 aliphatic carbocycles. The summed E-state index contributed by atoms with van der Waals surface area (Å²) >= 11 is 0.